The van der Waals surface area contributed by atoms with Gasteiger partial charge in [0, 0.05) is 12.7 Å². The summed E-state index contributed by atoms with van der Waals surface area (Å²) in [4.78, 5) is 31.0. The molecule has 6 nitrogen and oxygen atoms in total. The first kappa shape index (κ1) is 15.6. The molecule has 4 rings (SSSR count). The van der Waals surface area contributed by atoms with Gasteiger partial charge in [0.15, 0.2) is 0 Å². The molecule has 2 amide bonds. The lowest BCUT2D eigenvalue weighted by molar-refractivity contribution is -0.00109. The van der Waals surface area contributed by atoms with Crippen molar-refractivity contribution in [1.82, 2.24) is 15.2 Å². The topological polar surface area (TPSA) is 71.5 Å². The van der Waals surface area contributed by atoms with Gasteiger partial charge in [0.05, 0.1) is 18.7 Å². The molecule has 1 spiro atoms. The van der Waals surface area contributed by atoms with Crippen molar-refractivity contribution < 1.29 is 14.3 Å². The number of benzene rings is 1. The van der Waals surface area contributed by atoms with Crippen molar-refractivity contribution in [2.24, 2.45) is 0 Å². The van der Waals surface area contributed by atoms with E-state index in [1.807, 2.05) is 18.2 Å². The minimum Gasteiger partial charge on any atom is -0.483 e. The molecule has 1 atom stereocenters. The lowest BCUT2D eigenvalue weighted by Gasteiger charge is -2.41. The van der Waals surface area contributed by atoms with Crippen molar-refractivity contribution in [3.63, 3.8) is 0 Å². The van der Waals surface area contributed by atoms with Gasteiger partial charge < -0.3 is 15.0 Å². The van der Waals surface area contributed by atoms with Crippen LogP contribution in [0.1, 0.15) is 33.7 Å². The highest BCUT2D eigenvalue weighted by Crippen LogP contribution is 2.32. The number of ether oxygens (including phenoxy) is 1. The van der Waals surface area contributed by atoms with E-state index in [9.17, 15) is 9.59 Å². The zero-order valence-electron chi connectivity index (χ0n) is 13.8. The van der Waals surface area contributed by atoms with Gasteiger partial charge in [-0.2, -0.15) is 0 Å². The van der Waals surface area contributed by atoms with Crippen LogP contribution in [-0.2, 0) is 0 Å². The van der Waals surface area contributed by atoms with Gasteiger partial charge >= 0.3 is 0 Å². The summed E-state index contributed by atoms with van der Waals surface area (Å²) in [7, 11) is 0. The summed E-state index contributed by atoms with van der Waals surface area (Å²) in [6, 6.07) is 12.5. The Balaban J connectivity index is 1.60. The van der Waals surface area contributed by atoms with Crippen molar-refractivity contribution in [3.05, 3.63) is 59.9 Å². The van der Waals surface area contributed by atoms with Crippen molar-refractivity contribution >= 4 is 11.8 Å². The van der Waals surface area contributed by atoms with Crippen LogP contribution in [0.2, 0.25) is 0 Å². The quantitative estimate of drug-likeness (QED) is 0.862. The molecule has 0 bridgehead atoms. The van der Waals surface area contributed by atoms with Gasteiger partial charge in [-0.15, -0.1) is 0 Å². The predicted octanol–water partition coefficient (Wildman–Crippen LogP) is 1.88. The third kappa shape index (κ3) is 2.95. The molecular formula is C19H19N3O3. The number of hydrogen-bond donors (Lipinski definition) is 1. The second-order valence-electron chi connectivity index (χ2n) is 6.51. The average molecular weight is 337 g/mol. The number of para-hydroxylation sites is 1. The van der Waals surface area contributed by atoms with Crippen LogP contribution in [0.15, 0.2) is 48.7 Å². The smallest absolute Gasteiger partial charge is 0.272 e. The number of nitrogens with zero attached hydrogens (tertiary/aromatic N) is 2. The van der Waals surface area contributed by atoms with Crippen LogP contribution in [0.4, 0.5) is 0 Å². The summed E-state index contributed by atoms with van der Waals surface area (Å²) < 4.78 is 6.27. The summed E-state index contributed by atoms with van der Waals surface area (Å²) in [5.41, 5.74) is 0.357. The van der Waals surface area contributed by atoms with Crippen LogP contribution in [0, 0.1) is 0 Å². The summed E-state index contributed by atoms with van der Waals surface area (Å²) in [6.07, 6.45) is 3.22. The summed E-state index contributed by atoms with van der Waals surface area (Å²) in [5.74, 6) is 0.331. The molecule has 2 aromatic rings. The summed E-state index contributed by atoms with van der Waals surface area (Å²) in [5, 5.41) is 2.94. The van der Waals surface area contributed by atoms with Crippen molar-refractivity contribution in [3.8, 4) is 5.75 Å². The molecule has 0 saturated carbocycles. The van der Waals surface area contributed by atoms with Crippen LogP contribution < -0.4 is 10.1 Å². The standard InChI is InChI=1S/C19H19N3O3/c23-17-14-6-1-2-8-16(14)25-19(12-21-17)9-5-11-22(13-19)18(24)15-7-3-4-10-20-15/h1-4,6-8,10H,5,9,11-13H2,(H,21,23)/t19-/m0/s1. The van der Waals surface area contributed by atoms with E-state index in [0.29, 0.717) is 36.6 Å². The number of nitrogens with one attached hydrogen (secondary N) is 1. The number of carbonyl (C=O) groups excluding carboxylic acids is 2. The van der Waals surface area contributed by atoms with Gasteiger partial charge in [-0.05, 0) is 37.1 Å². The second kappa shape index (κ2) is 6.20. The van der Waals surface area contributed by atoms with E-state index < -0.39 is 5.60 Å². The van der Waals surface area contributed by atoms with E-state index in [1.54, 1.807) is 35.4 Å². The Bertz CT molecular complexity index is 809. The molecule has 1 N–H and O–H groups in total. The van der Waals surface area contributed by atoms with Crippen LogP contribution in [0.3, 0.4) is 0 Å². The van der Waals surface area contributed by atoms with E-state index >= 15 is 0 Å². The van der Waals surface area contributed by atoms with Crippen LogP contribution >= 0.6 is 0 Å². The van der Waals surface area contributed by atoms with E-state index in [1.165, 1.54) is 0 Å². The average Bonchev–Trinajstić information content (AvgIpc) is 2.79. The van der Waals surface area contributed by atoms with Gasteiger partial charge in [-0.3, -0.25) is 14.6 Å². The molecule has 2 aliphatic rings. The van der Waals surface area contributed by atoms with E-state index in [-0.39, 0.29) is 11.8 Å². The van der Waals surface area contributed by atoms with Crippen molar-refractivity contribution in [2.45, 2.75) is 18.4 Å². The SMILES string of the molecule is O=C1NC[C@]2(CCCN(C(=O)c3ccccn3)C2)Oc2ccccc21. The van der Waals surface area contributed by atoms with Crippen LogP contribution in [-0.4, -0.2) is 46.9 Å². The van der Waals surface area contributed by atoms with Gasteiger partial charge in [0.25, 0.3) is 11.8 Å². The maximum absolute atomic E-state index is 12.7. The molecule has 1 aromatic carbocycles. The zero-order chi connectivity index (χ0) is 17.3. The first-order valence-corrected chi connectivity index (χ1v) is 8.43. The number of pyridine rings is 1. The Labute approximate surface area is 145 Å². The maximum Gasteiger partial charge on any atom is 0.272 e. The van der Waals surface area contributed by atoms with E-state index in [2.05, 4.69) is 10.3 Å². The molecule has 3 heterocycles. The zero-order valence-corrected chi connectivity index (χ0v) is 13.8. The summed E-state index contributed by atoms with van der Waals surface area (Å²) >= 11 is 0. The van der Waals surface area contributed by atoms with Crippen LogP contribution in [0.25, 0.3) is 0 Å². The number of fused-ring (bicyclic) bond motifs is 1. The predicted molar refractivity (Wildman–Crippen MR) is 91.5 cm³/mol. The molecule has 0 radical (unpaired) electrons. The third-order valence-electron chi connectivity index (χ3n) is 4.74. The molecular weight excluding hydrogens is 318 g/mol. The Morgan fingerprint density at radius 2 is 2.04 bits per heavy atom. The number of carbonyl (C=O) groups is 2. The van der Waals surface area contributed by atoms with Gasteiger partial charge in [0.1, 0.15) is 17.0 Å². The second-order valence-corrected chi connectivity index (χ2v) is 6.51. The number of rotatable bonds is 1. The van der Waals surface area contributed by atoms with E-state index in [0.717, 1.165) is 12.8 Å². The number of amides is 2. The molecule has 0 unspecified atom stereocenters. The fourth-order valence-electron chi connectivity index (χ4n) is 3.50. The normalized spacial score (nSPS) is 22.6. The van der Waals surface area contributed by atoms with Gasteiger partial charge in [0.2, 0.25) is 0 Å². The molecule has 1 saturated heterocycles. The highest BCUT2D eigenvalue weighted by Gasteiger charge is 2.42. The van der Waals surface area contributed by atoms with Crippen molar-refractivity contribution in [2.75, 3.05) is 19.6 Å². The lowest BCUT2D eigenvalue weighted by atomic mass is 9.92. The number of hydrogen-bond acceptors (Lipinski definition) is 4. The Morgan fingerprint density at radius 1 is 1.20 bits per heavy atom. The Hall–Kier alpha value is -2.89. The molecule has 0 aliphatic carbocycles. The summed E-state index contributed by atoms with van der Waals surface area (Å²) in [6.45, 7) is 1.47. The molecule has 25 heavy (non-hydrogen) atoms. The minimum absolute atomic E-state index is 0.105. The Kier molecular flexibility index (Phi) is 3.87. The van der Waals surface area contributed by atoms with Crippen molar-refractivity contribution in [1.29, 1.82) is 0 Å². The number of piperidine rings is 1. The number of likely N-dealkylation sites (tertiary alicyclic amines) is 1. The largest absolute Gasteiger partial charge is 0.483 e. The highest BCUT2D eigenvalue weighted by molar-refractivity contribution is 5.97. The fourth-order valence-corrected chi connectivity index (χ4v) is 3.50. The monoisotopic (exact) mass is 337 g/mol. The molecule has 128 valence electrons. The van der Waals surface area contributed by atoms with Gasteiger partial charge in [-0.1, -0.05) is 18.2 Å². The van der Waals surface area contributed by atoms with Gasteiger partial charge in [-0.25, -0.2) is 0 Å². The highest BCUT2D eigenvalue weighted by atomic mass is 16.5. The third-order valence-corrected chi connectivity index (χ3v) is 4.74. The van der Waals surface area contributed by atoms with Crippen LogP contribution in [0.5, 0.6) is 5.75 Å². The molecule has 2 aliphatic heterocycles. The minimum atomic E-state index is -0.606. The molecule has 1 aromatic heterocycles. The first-order chi connectivity index (χ1) is 12.2. The first-order valence-electron chi connectivity index (χ1n) is 8.43. The maximum atomic E-state index is 12.7. The number of aromatic nitrogens is 1. The molecule has 6 heteroatoms. The lowest BCUT2D eigenvalue weighted by Crippen LogP contribution is -2.58. The fraction of sp³-hybridized carbons (Fsp3) is 0.316. The molecule has 1 fully saturated rings. The Morgan fingerprint density at radius 3 is 2.88 bits per heavy atom. The van der Waals surface area contributed by atoms with E-state index in [4.69, 9.17) is 4.74 Å².